The molecule has 43 heavy (non-hydrogen) atoms. The number of nitrogens with zero attached hydrogens (tertiary/aromatic N) is 4. The molecule has 2 aromatic rings. The van der Waals surface area contributed by atoms with Crippen LogP contribution in [0.25, 0.3) is 4.85 Å². The van der Waals surface area contributed by atoms with E-state index in [1.54, 1.807) is 18.2 Å². The molecule has 0 unspecified atom stereocenters. The van der Waals surface area contributed by atoms with Crippen LogP contribution in [-0.4, -0.2) is 65.1 Å². The van der Waals surface area contributed by atoms with Gasteiger partial charge in [-0.1, -0.05) is 51.3 Å². The summed E-state index contributed by atoms with van der Waals surface area (Å²) in [4.78, 5) is 26.6. The smallest absolute Gasteiger partial charge is 0.256 e. The van der Waals surface area contributed by atoms with Crippen LogP contribution in [0.15, 0.2) is 30.3 Å². The van der Waals surface area contributed by atoms with Gasteiger partial charge in [-0.15, -0.1) is 0 Å². The van der Waals surface area contributed by atoms with Crippen molar-refractivity contribution < 1.29 is 9.53 Å². The van der Waals surface area contributed by atoms with Crippen molar-refractivity contribution >= 4 is 23.2 Å². The van der Waals surface area contributed by atoms with Crippen molar-refractivity contribution in [3.63, 3.8) is 0 Å². The van der Waals surface area contributed by atoms with E-state index in [-0.39, 0.29) is 28.9 Å². The standard InChI is InChI=1S/C35H40ClN5O2/c1-33(2)31(34(3,4)32(33)43-25-13-15-28(37-5)27(36)16-25)41-17-29-26(30(41)42)14-10-23(39-29)9-6-22-7-11-24(12-8-22)40-20-35(21-40)18-38-19-35/h10,13-16,22,24,31-32,38H,7-8,11-12,17-21H2,1-4H3. The Morgan fingerprint density at radius 1 is 1.07 bits per heavy atom. The first-order chi connectivity index (χ1) is 20.5. The number of benzene rings is 1. The van der Waals surface area contributed by atoms with Gasteiger partial charge in [0.05, 0.1) is 29.4 Å². The number of rotatable bonds is 4. The van der Waals surface area contributed by atoms with Gasteiger partial charge in [0.1, 0.15) is 17.5 Å². The summed E-state index contributed by atoms with van der Waals surface area (Å²) in [5.74, 6) is 7.95. The summed E-state index contributed by atoms with van der Waals surface area (Å²) in [6.45, 7) is 21.3. The van der Waals surface area contributed by atoms with Crippen molar-refractivity contribution in [2.45, 2.75) is 78.1 Å². The van der Waals surface area contributed by atoms with E-state index in [1.165, 1.54) is 39.0 Å². The number of hydrogen-bond acceptors (Lipinski definition) is 5. The average molecular weight is 598 g/mol. The van der Waals surface area contributed by atoms with Crippen LogP contribution in [0.3, 0.4) is 0 Å². The number of carbonyl (C=O) groups excluding carboxylic acids is 1. The molecule has 5 aliphatic rings. The topological polar surface area (TPSA) is 62.1 Å². The van der Waals surface area contributed by atoms with Crippen molar-refractivity contribution in [1.82, 2.24) is 20.1 Å². The largest absolute Gasteiger partial charge is 0.489 e. The molecule has 0 atom stereocenters. The molecule has 4 fully saturated rings. The minimum Gasteiger partial charge on any atom is -0.489 e. The molecule has 1 spiro atoms. The van der Waals surface area contributed by atoms with Crippen LogP contribution >= 0.6 is 11.6 Å². The minimum atomic E-state index is -0.307. The zero-order valence-corrected chi connectivity index (χ0v) is 26.3. The third kappa shape index (κ3) is 4.72. The molecule has 2 saturated heterocycles. The zero-order valence-electron chi connectivity index (χ0n) is 25.5. The van der Waals surface area contributed by atoms with E-state index in [4.69, 9.17) is 27.9 Å². The lowest BCUT2D eigenvalue weighted by atomic mass is 9.49. The Hall–Kier alpha value is -3.10. The Kier molecular flexibility index (Phi) is 6.82. The van der Waals surface area contributed by atoms with E-state index in [0.717, 1.165) is 30.3 Å². The van der Waals surface area contributed by atoms with Crippen molar-refractivity contribution in [3.8, 4) is 17.6 Å². The Bertz CT molecular complexity index is 1550. The van der Waals surface area contributed by atoms with Gasteiger partial charge in [0.25, 0.3) is 5.91 Å². The lowest BCUT2D eigenvalue weighted by molar-refractivity contribution is -0.199. The second kappa shape index (κ2) is 10.2. The number of aromatic nitrogens is 1. The highest BCUT2D eigenvalue weighted by Crippen LogP contribution is 2.59. The zero-order chi connectivity index (χ0) is 30.1. The number of halogens is 1. The normalized spacial score (nSPS) is 29.8. The highest BCUT2D eigenvalue weighted by molar-refractivity contribution is 6.33. The van der Waals surface area contributed by atoms with Crippen LogP contribution in [0.1, 0.15) is 75.1 Å². The summed E-state index contributed by atoms with van der Waals surface area (Å²) in [5.41, 5.74) is 2.63. The van der Waals surface area contributed by atoms with Crippen LogP contribution in [0.4, 0.5) is 5.69 Å². The van der Waals surface area contributed by atoms with Gasteiger partial charge < -0.3 is 15.0 Å². The third-order valence-electron chi connectivity index (χ3n) is 10.8. The fraction of sp³-hybridized carbons (Fsp3) is 0.571. The summed E-state index contributed by atoms with van der Waals surface area (Å²) in [7, 11) is 0. The predicted molar refractivity (Wildman–Crippen MR) is 167 cm³/mol. The molecule has 0 bridgehead atoms. The Morgan fingerprint density at radius 2 is 1.79 bits per heavy atom. The SMILES string of the molecule is [C-]#[N+]c1ccc(OC2C(C)(C)C(N3Cc4nc(C#CC5CCC(N6CC7(CNC7)C6)CC5)ccc4C3=O)C2(C)C)cc1Cl. The van der Waals surface area contributed by atoms with Crippen molar-refractivity contribution in [2.75, 3.05) is 26.2 Å². The van der Waals surface area contributed by atoms with E-state index in [9.17, 15) is 4.79 Å². The monoisotopic (exact) mass is 597 g/mol. The molecule has 0 radical (unpaired) electrons. The van der Waals surface area contributed by atoms with Gasteiger partial charge in [0.15, 0.2) is 0 Å². The van der Waals surface area contributed by atoms with Crippen LogP contribution in [0.5, 0.6) is 5.75 Å². The molecule has 2 aliphatic carbocycles. The lowest BCUT2D eigenvalue weighted by Crippen LogP contribution is -2.74. The number of amides is 1. The number of fused-ring (bicyclic) bond motifs is 1. The second-order valence-electron chi connectivity index (χ2n) is 14.7. The summed E-state index contributed by atoms with van der Waals surface area (Å²) in [5, 5.41) is 3.81. The van der Waals surface area contributed by atoms with Crippen molar-refractivity contribution in [1.29, 1.82) is 0 Å². The van der Waals surface area contributed by atoms with Gasteiger partial charge >= 0.3 is 0 Å². The number of nitrogens with one attached hydrogen (secondary N) is 1. The van der Waals surface area contributed by atoms with E-state index in [1.807, 2.05) is 17.0 Å². The lowest BCUT2D eigenvalue weighted by Gasteiger charge is -2.65. The van der Waals surface area contributed by atoms with Gasteiger partial charge in [0, 0.05) is 60.4 Å². The van der Waals surface area contributed by atoms with Crippen molar-refractivity contribution in [3.05, 3.63) is 63.7 Å². The van der Waals surface area contributed by atoms with Gasteiger partial charge in [-0.25, -0.2) is 9.83 Å². The first kappa shape index (κ1) is 28.7. The molecule has 1 aromatic heterocycles. The maximum atomic E-state index is 13.6. The van der Waals surface area contributed by atoms with Crippen LogP contribution in [-0.2, 0) is 6.54 Å². The maximum absolute atomic E-state index is 13.6. The first-order valence-electron chi connectivity index (χ1n) is 15.6. The number of carbonyl (C=O) groups is 1. The Morgan fingerprint density at radius 3 is 2.42 bits per heavy atom. The summed E-state index contributed by atoms with van der Waals surface area (Å²) < 4.78 is 6.45. The fourth-order valence-electron chi connectivity index (χ4n) is 9.02. The second-order valence-corrected chi connectivity index (χ2v) is 15.1. The maximum Gasteiger partial charge on any atom is 0.256 e. The molecule has 8 heteroatoms. The van der Waals surface area contributed by atoms with E-state index < -0.39 is 0 Å². The molecule has 224 valence electrons. The van der Waals surface area contributed by atoms with E-state index in [0.29, 0.717) is 39.9 Å². The number of ether oxygens (including phenoxy) is 1. The first-order valence-corrected chi connectivity index (χ1v) is 16.0. The third-order valence-corrected chi connectivity index (χ3v) is 11.1. The number of pyridine rings is 1. The molecule has 7 rings (SSSR count). The van der Waals surface area contributed by atoms with Gasteiger partial charge in [-0.3, -0.25) is 9.69 Å². The summed E-state index contributed by atoms with van der Waals surface area (Å²) >= 11 is 6.27. The van der Waals surface area contributed by atoms with Crippen LogP contribution < -0.4 is 10.1 Å². The van der Waals surface area contributed by atoms with Gasteiger partial charge in [-0.2, -0.15) is 0 Å². The molecule has 3 aliphatic heterocycles. The highest BCUT2D eigenvalue weighted by atomic mass is 35.5. The van der Waals surface area contributed by atoms with E-state index >= 15 is 0 Å². The van der Waals surface area contributed by atoms with Crippen molar-refractivity contribution in [2.24, 2.45) is 22.2 Å². The van der Waals surface area contributed by atoms with Crippen LogP contribution in [0, 0.1) is 40.6 Å². The van der Waals surface area contributed by atoms with Crippen LogP contribution in [0.2, 0.25) is 5.02 Å². The predicted octanol–water partition coefficient (Wildman–Crippen LogP) is 5.94. The fourth-order valence-corrected chi connectivity index (χ4v) is 9.24. The Labute approximate surface area is 260 Å². The molecular formula is C35H40ClN5O2. The Balaban J connectivity index is 0.990. The minimum absolute atomic E-state index is 0.0276. The molecule has 1 N–H and O–H groups in total. The quantitative estimate of drug-likeness (QED) is 0.349. The van der Waals surface area contributed by atoms with Gasteiger partial charge in [-0.05, 0) is 55.9 Å². The molecule has 7 nitrogen and oxygen atoms in total. The number of hydrogen-bond donors (Lipinski definition) is 1. The van der Waals surface area contributed by atoms with E-state index in [2.05, 4.69) is 54.6 Å². The molecule has 1 aromatic carbocycles. The van der Waals surface area contributed by atoms with Gasteiger partial charge in [0.2, 0.25) is 5.69 Å². The summed E-state index contributed by atoms with van der Waals surface area (Å²) in [6, 6.07) is 9.70. The molecular weight excluding hydrogens is 558 g/mol. The average Bonchev–Trinajstić information content (AvgIpc) is 3.23. The highest BCUT2D eigenvalue weighted by Gasteiger charge is 2.67. The summed E-state index contributed by atoms with van der Waals surface area (Å²) in [6.07, 6.45) is 4.64. The molecule has 1 amide bonds. The number of likely N-dealkylation sites (tertiary alicyclic amines) is 1. The molecule has 2 saturated carbocycles. The molecule has 4 heterocycles.